The van der Waals surface area contributed by atoms with Gasteiger partial charge in [0.05, 0.1) is 11.5 Å². The summed E-state index contributed by atoms with van der Waals surface area (Å²) >= 11 is 0. The van der Waals surface area contributed by atoms with Crippen molar-refractivity contribution in [2.45, 2.75) is 26.2 Å². The number of Topliss-reactive ketones (excluding diaryl/α,β-unsaturated/α-hetero) is 1. The Hall–Kier alpha value is -4.27. The van der Waals surface area contributed by atoms with Crippen LogP contribution in [0, 0.1) is 6.92 Å². The minimum absolute atomic E-state index is 0.0479. The molecule has 2 aromatic carbocycles. The van der Waals surface area contributed by atoms with Crippen molar-refractivity contribution in [3.63, 3.8) is 0 Å². The fourth-order valence-electron chi connectivity index (χ4n) is 3.45. The number of aromatic nitrogens is 2. The number of nitrogens with zero attached hydrogens (tertiary/aromatic N) is 1. The number of carbonyl (C=O) groups excluding carboxylic acids is 3. The van der Waals surface area contributed by atoms with Crippen LogP contribution in [0.3, 0.4) is 0 Å². The van der Waals surface area contributed by atoms with Gasteiger partial charge in [-0.15, -0.1) is 0 Å². The predicted molar refractivity (Wildman–Crippen MR) is 120 cm³/mol. The van der Waals surface area contributed by atoms with Gasteiger partial charge in [-0.3, -0.25) is 24.2 Å². The highest BCUT2D eigenvalue weighted by Crippen LogP contribution is 2.30. The molecule has 32 heavy (non-hydrogen) atoms. The fraction of sp³-hybridized carbons (Fsp3) is 0.174. The molecule has 1 aliphatic rings. The Morgan fingerprint density at radius 3 is 2.31 bits per heavy atom. The van der Waals surface area contributed by atoms with Crippen LogP contribution in [0.25, 0.3) is 0 Å². The lowest BCUT2D eigenvalue weighted by Crippen LogP contribution is -2.36. The third kappa shape index (κ3) is 4.41. The van der Waals surface area contributed by atoms with Gasteiger partial charge < -0.3 is 16.0 Å². The summed E-state index contributed by atoms with van der Waals surface area (Å²) in [6.07, 6.45) is -0.181. The van der Waals surface area contributed by atoms with Gasteiger partial charge >= 0.3 is 0 Å². The molecule has 4 rings (SSSR count). The Morgan fingerprint density at radius 2 is 1.66 bits per heavy atom. The van der Waals surface area contributed by atoms with Gasteiger partial charge in [-0.1, -0.05) is 17.7 Å². The molecule has 0 fully saturated rings. The van der Waals surface area contributed by atoms with Crippen LogP contribution in [0.2, 0.25) is 0 Å². The summed E-state index contributed by atoms with van der Waals surface area (Å²) in [5.41, 5.74) is 2.34. The van der Waals surface area contributed by atoms with Gasteiger partial charge in [0.2, 0.25) is 17.8 Å². The Balaban J connectivity index is 1.59. The molecular formula is C23H21N5O4. The molecule has 0 spiro atoms. The van der Waals surface area contributed by atoms with E-state index in [9.17, 15) is 19.2 Å². The largest absolute Gasteiger partial charge is 0.326 e. The summed E-state index contributed by atoms with van der Waals surface area (Å²) in [4.78, 5) is 56.3. The number of aryl methyl sites for hydroxylation is 1. The maximum Gasteiger partial charge on any atom is 0.258 e. The smallest absolute Gasteiger partial charge is 0.258 e. The molecule has 1 aromatic heterocycles. The molecule has 9 nitrogen and oxygen atoms in total. The quantitative estimate of drug-likeness (QED) is 0.459. The van der Waals surface area contributed by atoms with Gasteiger partial charge in [0.25, 0.3) is 5.56 Å². The molecule has 9 heteroatoms. The van der Waals surface area contributed by atoms with Crippen molar-refractivity contribution >= 4 is 40.7 Å². The Kier molecular flexibility index (Phi) is 5.55. The zero-order valence-corrected chi connectivity index (χ0v) is 17.5. The number of benzene rings is 2. The number of hydrogen-bond donors (Lipinski definition) is 4. The molecule has 1 aliphatic heterocycles. The summed E-state index contributed by atoms with van der Waals surface area (Å²) < 4.78 is 0. The zero-order chi connectivity index (χ0) is 22.8. The Morgan fingerprint density at radius 1 is 1.00 bits per heavy atom. The SMILES string of the molecule is CC(=O)c1ccc(NC(=O)C2CC(=O)Nc3nc(Nc4ccc(C)cc4)[nH]c(=O)c32)cc1. The first-order chi connectivity index (χ1) is 15.3. The number of hydrogen-bond acceptors (Lipinski definition) is 6. The first kappa shape index (κ1) is 21.0. The predicted octanol–water partition coefficient (Wildman–Crippen LogP) is 3.09. The van der Waals surface area contributed by atoms with Crippen LogP contribution in [0.15, 0.2) is 53.3 Å². The number of carbonyl (C=O) groups is 3. The molecule has 1 atom stereocenters. The molecule has 0 radical (unpaired) electrons. The van der Waals surface area contributed by atoms with E-state index in [4.69, 9.17) is 0 Å². The van der Waals surface area contributed by atoms with Gasteiger partial charge in [0.15, 0.2) is 5.78 Å². The number of aromatic amines is 1. The summed E-state index contributed by atoms with van der Waals surface area (Å²) in [5.74, 6) is -1.82. The molecule has 1 unspecified atom stereocenters. The number of amides is 2. The molecule has 0 aliphatic carbocycles. The van der Waals surface area contributed by atoms with E-state index < -0.39 is 23.3 Å². The molecule has 2 heterocycles. The van der Waals surface area contributed by atoms with E-state index in [1.807, 2.05) is 31.2 Å². The number of nitrogens with one attached hydrogen (secondary N) is 4. The van der Waals surface area contributed by atoms with E-state index in [0.717, 1.165) is 5.56 Å². The van der Waals surface area contributed by atoms with Gasteiger partial charge in [0, 0.05) is 23.4 Å². The standard InChI is InChI=1S/C23H21N5O4/c1-12-3-7-16(8-4-12)25-23-27-20-19(22(32)28-23)17(11-18(30)26-20)21(31)24-15-9-5-14(6-10-15)13(2)29/h3-10,17H,11H2,1-2H3,(H,24,31)(H3,25,26,27,28,30,32). The lowest BCUT2D eigenvalue weighted by molar-refractivity contribution is -0.123. The summed E-state index contributed by atoms with van der Waals surface area (Å²) in [7, 11) is 0. The maximum absolute atomic E-state index is 12.9. The topological polar surface area (TPSA) is 133 Å². The molecule has 0 saturated heterocycles. The Bertz CT molecular complexity index is 1260. The monoisotopic (exact) mass is 431 g/mol. The minimum atomic E-state index is -1.00. The third-order valence-corrected chi connectivity index (χ3v) is 5.14. The van der Waals surface area contributed by atoms with Crippen LogP contribution < -0.4 is 21.5 Å². The number of fused-ring (bicyclic) bond motifs is 1. The maximum atomic E-state index is 12.9. The van der Waals surface area contributed by atoms with E-state index in [1.165, 1.54) is 6.92 Å². The van der Waals surface area contributed by atoms with Crippen molar-refractivity contribution in [3.05, 3.63) is 75.6 Å². The average molecular weight is 431 g/mol. The van der Waals surface area contributed by atoms with E-state index >= 15 is 0 Å². The highest BCUT2D eigenvalue weighted by atomic mass is 16.2. The van der Waals surface area contributed by atoms with Crippen LogP contribution in [0.4, 0.5) is 23.1 Å². The molecule has 3 aromatic rings. The van der Waals surface area contributed by atoms with Gasteiger partial charge in [-0.25, -0.2) is 0 Å². The minimum Gasteiger partial charge on any atom is -0.326 e. The lowest BCUT2D eigenvalue weighted by Gasteiger charge is -2.23. The second-order valence-corrected chi connectivity index (χ2v) is 7.60. The van der Waals surface area contributed by atoms with E-state index in [0.29, 0.717) is 16.9 Å². The highest BCUT2D eigenvalue weighted by molar-refractivity contribution is 6.04. The molecule has 162 valence electrons. The van der Waals surface area contributed by atoms with Gasteiger partial charge in [-0.2, -0.15) is 4.98 Å². The average Bonchev–Trinajstić information content (AvgIpc) is 2.75. The molecule has 4 N–H and O–H groups in total. The van der Waals surface area contributed by atoms with Crippen LogP contribution >= 0.6 is 0 Å². The second-order valence-electron chi connectivity index (χ2n) is 7.60. The number of ketones is 1. The van der Waals surface area contributed by atoms with Crippen molar-refractivity contribution < 1.29 is 14.4 Å². The molecular weight excluding hydrogens is 410 g/mol. The van der Waals surface area contributed by atoms with E-state index in [2.05, 4.69) is 25.9 Å². The van der Waals surface area contributed by atoms with E-state index in [1.54, 1.807) is 24.3 Å². The van der Waals surface area contributed by atoms with Crippen LogP contribution in [0.1, 0.15) is 40.7 Å². The summed E-state index contributed by atoms with van der Waals surface area (Å²) in [6, 6.07) is 13.9. The van der Waals surface area contributed by atoms with Crippen molar-refractivity contribution in [2.24, 2.45) is 0 Å². The summed E-state index contributed by atoms with van der Waals surface area (Å²) in [6.45, 7) is 3.41. The second kappa shape index (κ2) is 8.46. The van der Waals surface area contributed by atoms with Gasteiger partial charge in [0.1, 0.15) is 5.82 Å². The number of rotatable bonds is 5. The molecule has 0 saturated carbocycles. The first-order valence-corrected chi connectivity index (χ1v) is 10.00. The van der Waals surface area contributed by atoms with Crippen molar-refractivity contribution in [1.82, 2.24) is 9.97 Å². The molecule has 0 bridgehead atoms. The number of anilines is 4. The highest BCUT2D eigenvalue weighted by Gasteiger charge is 2.34. The first-order valence-electron chi connectivity index (χ1n) is 10.00. The number of H-pyrrole nitrogens is 1. The van der Waals surface area contributed by atoms with Crippen LogP contribution in [0.5, 0.6) is 0 Å². The van der Waals surface area contributed by atoms with Crippen LogP contribution in [-0.2, 0) is 9.59 Å². The van der Waals surface area contributed by atoms with E-state index in [-0.39, 0.29) is 29.5 Å². The zero-order valence-electron chi connectivity index (χ0n) is 17.5. The normalized spacial score (nSPS) is 14.8. The summed E-state index contributed by atoms with van der Waals surface area (Å²) in [5, 5.41) is 8.27. The van der Waals surface area contributed by atoms with Crippen molar-refractivity contribution in [1.29, 1.82) is 0 Å². The fourth-order valence-corrected chi connectivity index (χ4v) is 3.45. The molecule has 2 amide bonds. The Labute approximate surface area is 183 Å². The van der Waals surface area contributed by atoms with Crippen molar-refractivity contribution in [3.8, 4) is 0 Å². The van der Waals surface area contributed by atoms with Crippen LogP contribution in [-0.4, -0.2) is 27.6 Å². The van der Waals surface area contributed by atoms with Gasteiger partial charge in [-0.05, 0) is 50.2 Å². The van der Waals surface area contributed by atoms with Crippen molar-refractivity contribution in [2.75, 3.05) is 16.0 Å². The third-order valence-electron chi connectivity index (χ3n) is 5.14. The lowest BCUT2D eigenvalue weighted by atomic mass is 9.92.